The Morgan fingerprint density at radius 3 is 2.58 bits per heavy atom. The summed E-state index contributed by atoms with van der Waals surface area (Å²) in [4.78, 5) is 13.5. The van der Waals surface area contributed by atoms with Gasteiger partial charge in [0.15, 0.2) is 5.82 Å². The van der Waals surface area contributed by atoms with Gasteiger partial charge >= 0.3 is 6.01 Å². The number of nitrogens with zero attached hydrogens (tertiary/aromatic N) is 6. The highest BCUT2D eigenvalue weighted by atomic mass is 19.3. The summed E-state index contributed by atoms with van der Waals surface area (Å²) >= 11 is 0. The third-order valence-corrected chi connectivity index (χ3v) is 10.5. The molecule has 3 aliphatic heterocycles. The fraction of sp³-hybridized carbons (Fsp3) is 0.378. The predicted octanol–water partition coefficient (Wildman–Crippen LogP) is 6.11. The van der Waals surface area contributed by atoms with Crippen LogP contribution in [0.5, 0.6) is 11.8 Å². The summed E-state index contributed by atoms with van der Waals surface area (Å²) in [5.41, 5.74) is -0.820. The zero-order valence-electron chi connectivity index (χ0n) is 27.8. The maximum absolute atomic E-state index is 17.5. The highest BCUT2D eigenvalue weighted by molar-refractivity contribution is 6.18. The fourth-order valence-corrected chi connectivity index (χ4v) is 8.24. The lowest BCUT2D eigenvalue weighted by molar-refractivity contribution is 0.104. The van der Waals surface area contributed by atoms with E-state index in [0.717, 1.165) is 12.8 Å². The lowest BCUT2D eigenvalue weighted by Gasteiger charge is -2.40. The maximum atomic E-state index is 17.5. The third-order valence-electron chi connectivity index (χ3n) is 10.5. The van der Waals surface area contributed by atoms with Gasteiger partial charge in [-0.15, -0.1) is 6.42 Å². The molecule has 3 saturated heterocycles. The number of terminal acetylenes is 1. The first kappa shape index (κ1) is 32.3. The third kappa shape index (κ3) is 5.20. The summed E-state index contributed by atoms with van der Waals surface area (Å²) in [6.45, 7) is 3.60. The molecule has 258 valence electrons. The molecule has 3 aliphatic rings. The highest BCUT2D eigenvalue weighted by Gasteiger charge is 2.39. The number of aromatic hydroxyl groups is 1. The number of fused-ring (bicyclic) bond motifs is 6. The van der Waals surface area contributed by atoms with Gasteiger partial charge in [0.25, 0.3) is 6.08 Å². The minimum Gasteiger partial charge on any atom is -0.508 e. The number of phenolic OH excluding ortho intramolecular Hbond substituents is 1. The van der Waals surface area contributed by atoms with Crippen molar-refractivity contribution in [3.05, 3.63) is 59.3 Å². The summed E-state index contributed by atoms with van der Waals surface area (Å²) in [5.74, 6) is 1.20. The lowest BCUT2D eigenvalue weighted by atomic mass is 9.78. The predicted molar refractivity (Wildman–Crippen MR) is 183 cm³/mol. The van der Waals surface area contributed by atoms with Crippen molar-refractivity contribution in [1.82, 2.24) is 30.0 Å². The second-order valence-corrected chi connectivity index (χ2v) is 14.1. The van der Waals surface area contributed by atoms with Crippen molar-refractivity contribution in [3.8, 4) is 35.2 Å². The van der Waals surface area contributed by atoms with Gasteiger partial charge in [0.1, 0.15) is 35.0 Å². The molecule has 0 saturated carbocycles. The quantitative estimate of drug-likeness (QED) is 0.169. The van der Waals surface area contributed by atoms with Crippen LogP contribution < -0.4 is 15.0 Å². The number of aryl methyl sites for hydroxylation is 1. The summed E-state index contributed by atoms with van der Waals surface area (Å²) in [5, 5.41) is 20.6. The first-order valence-corrected chi connectivity index (χ1v) is 16.6. The molecule has 50 heavy (non-hydrogen) atoms. The number of hydrogen-bond donors (Lipinski definition) is 2. The molecule has 9 nitrogen and oxygen atoms in total. The topological polar surface area (TPSA) is 91.6 Å². The molecule has 2 bridgehead atoms. The van der Waals surface area contributed by atoms with Crippen molar-refractivity contribution < 1.29 is 27.4 Å². The second-order valence-electron chi connectivity index (χ2n) is 14.1. The van der Waals surface area contributed by atoms with Gasteiger partial charge < -0.3 is 25.0 Å². The minimum atomic E-state index is -1.73. The summed E-state index contributed by atoms with van der Waals surface area (Å²) in [7, 11) is 3.58. The van der Waals surface area contributed by atoms with Crippen LogP contribution >= 0.6 is 0 Å². The van der Waals surface area contributed by atoms with Gasteiger partial charge in [-0.05, 0) is 55.5 Å². The van der Waals surface area contributed by atoms with Crippen molar-refractivity contribution in [3.63, 3.8) is 0 Å². The standard InChI is InChI=1S/C37H35F4N7O2/c1-5-23-27(38)9-6-19-12-22(49)13-24(28(19)23)29-31(39)33-30(25-16-47(4)45-32(25)29)35(48-14-20-7-8-21(15-48)42-20)44-36(43-33)50-18-37(2)17-46(3)11-10-26(37)34(40)41/h1,6,9,12-13,16,20-21,42,49H,7-8,10-11,14-15,17-18H2,2-4H3/t20?,21?,37-/m1/s1. The van der Waals surface area contributed by atoms with Crippen LogP contribution in [0.4, 0.5) is 23.4 Å². The van der Waals surface area contributed by atoms with Crippen molar-refractivity contribution in [1.29, 1.82) is 0 Å². The van der Waals surface area contributed by atoms with Crippen molar-refractivity contribution in [2.24, 2.45) is 12.5 Å². The molecule has 0 radical (unpaired) electrons. The van der Waals surface area contributed by atoms with Crippen molar-refractivity contribution in [2.75, 3.05) is 44.7 Å². The molecule has 2 unspecified atom stereocenters. The number of phenols is 1. The van der Waals surface area contributed by atoms with Crippen LogP contribution in [0.25, 0.3) is 43.7 Å². The first-order chi connectivity index (χ1) is 23.9. The Kier molecular flexibility index (Phi) is 7.65. The Bertz CT molecular complexity index is 2280. The van der Waals surface area contributed by atoms with E-state index in [2.05, 4.69) is 26.2 Å². The Balaban J connectivity index is 1.38. The van der Waals surface area contributed by atoms with Gasteiger partial charge in [0.2, 0.25) is 0 Å². The van der Waals surface area contributed by atoms with E-state index in [1.165, 1.54) is 24.3 Å². The number of piperidine rings is 1. The number of aromatic nitrogens is 4. The van der Waals surface area contributed by atoms with E-state index in [1.807, 2.05) is 11.9 Å². The summed E-state index contributed by atoms with van der Waals surface area (Å²) in [6.07, 6.45) is 7.97. The molecule has 2 N–H and O–H groups in total. The van der Waals surface area contributed by atoms with Crippen LogP contribution in [0.2, 0.25) is 0 Å². The first-order valence-electron chi connectivity index (χ1n) is 16.6. The number of benzene rings is 3. The van der Waals surface area contributed by atoms with E-state index in [1.54, 1.807) is 24.9 Å². The molecule has 3 atom stereocenters. The monoisotopic (exact) mass is 685 g/mol. The molecular weight excluding hydrogens is 650 g/mol. The van der Waals surface area contributed by atoms with Gasteiger partial charge in [-0.2, -0.15) is 23.8 Å². The van der Waals surface area contributed by atoms with Crippen LogP contribution in [0, 0.1) is 29.4 Å². The number of likely N-dealkylation sites (tertiary alicyclic amines) is 1. The van der Waals surface area contributed by atoms with E-state index in [0.29, 0.717) is 48.2 Å². The number of hydrogen-bond acceptors (Lipinski definition) is 8. The van der Waals surface area contributed by atoms with E-state index >= 15 is 8.78 Å². The highest BCUT2D eigenvalue weighted by Crippen LogP contribution is 2.45. The van der Waals surface area contributed by atoms with Gasteiger partial charge in [-0.25, -0.2) is 8.78 Å². The minimum absolute atomic E-state index is 0.0214. The number of nitrogens with one attached hydrogen (secondary N) is 1. The molecule has 0 aliphatic carbocycles. The van der Waals surface area contributed by atoms with Gasteiger partial charge in [0.05, 0.1) is 10.9 Å². The smallest absolute Gasteiger partial charge is 0.319 e. The Morgan fingerprint density at radius 2 is 1.86 bits per heavy atom. The molecule has 0 spiro atoms. The average Bonchev–Trinajstić information content (AvgIpc) is 3.63. The number of halogens is 4. The maximum Gasteiger partial charge on any atom is 0.319 e. The molecule has 3 aromatic carbocycles. The molecule has 2 aromatic heterocycles. The van der Waals surface area contributed by atoms with Crippen LogP contribution in [0.1, 0.15) is 31.7 Å². The molecule has 5 heterocycles. The molecule has 3 fully saturated rings. The average molecular weight is 686 g/mol. The fourth-order valence-electron chi connectivity index (χ4n) is 8.24. The van der Waals surface area contributed by atoms with Crippen LogP contribution in [-0.4, -0.2) is 81.7 Å². The van der Waals surface area contributed by atoms with E-state index < -0.39 is 23.1 Å². The Labute approximate surface area is 285 Å². The van der Waals surface area contributed by atoms with Crippen LogP contribution in [0.15, 0.2) is 42.1 Å². The molecule has 8 rings (SSSR count). The molecular formula is C37H35F4N7O2. The van der Waals surface area contributed by atoms with Crippen LogP contribution in [-0.2, 0) is 7.05 Å². The van der Waals surface area contributed by atoms with E-state index in [4.69, 9.17) is 16.1 Å². The largest absolute Gasteiger partial charge is 0.508 e. The number of ether oxygens (including phenoxy) is 1. The van der Waals surface area contributed by atoms with Gasteiger partial charge in [-0.3, -0.25) is 4.68 Å². The number of rotatable bonds is 5. The zero-order valence-corrected chi connectivity index (χ0v) is 27.8. The van der Waals surface area contributed by atoms with E-state index in [9.17, 15) is 13.9 Å². The SMILES string of the molecule is C#Cc1c(F)ccc2cc(O)cc(-c3c(F)c4nc(OC[C@@]5(C)CN(C)CCC5=C(F)F)nc(N5CC6CCC(C5)N6)c4c4cn(C)nc34)c12. The lowest BCUT2D eigenvalue weighted by Crippen LogP contribution is -2.51. The summed E-state index contributed by atoms with van der Waals surface area (Å²) in [6, 6.07) is 5.72. The zero-order chi connectivity index (χ0) is 35.1. The Hall–Kier alpha value is -4.93. The second kappa shape index (κ2) is 11.8. The van der Waals surface area contributed by atoms with Crippen LogP contribution in [0.3, 0.4) is 0 Å². The van der Waals surface area contributed by atoms with Crippen molar-refractivity contribution >= 4 is 38.4 Å². The van der Waals surface area contributed by atoms with E-state index in [-0.39, 0.29) is 75.6 Å². The normalized spacial score (nSPS) is 22.5. The summed E-state index contributed by atoms with van der Waals surface area (Å²) < 4.78 is 68.6. The Morgan fingerprint density at radius 1 is 1.10 bits per heavy atom. The van der Waals surface area contributed by atoms with Gasteiger partial charge in [0, 0.05) is 78.8 Å². The molecule has 0 amide bonds. The molecule has 13 heteroatoms. The van der Waals surface area contributed by atoms with Gasteiger partial charge in [-0.1, -0.05) is 18.9 Å². The number of anilines is 1. The molecule has 5 aromatic rings. The van der Waals surface area contributed by atoms with Crippen molar-refractivity contribution in [2.45, 2.75) is 38.3 Å². The number of piperazine rings is 1.